The SMILES string of the molecule is CC(C)CCN1CCN(C(=O)c2ccc(Cl)nc2)CC1. The van der Waals surface area contributed by atoms with Gasteiger partial charge in [-0.05, 0) is 31.0 Å². The molecule has 0 atom stereocenters. The van der Waals surface area contributed by atoms with Gasteiger partial charge in [-0.1, -0.05) is 25.4 Å². The summed E-state index contributed by atoms with van der Waals surface area (Å²) in [4.78, 5) is 20.6. The number of carbonyl (C=O) groups is 1. The van der Waals surface area contributed by atoms with Crippen LogP contribution in [0.15, 0.2) is 18.3 Å². The summed E-state index contributed by atoms with van der Waals surface area (Å²) >= 11 is 5.74. The van der Waals surface area contributed by atoms with Crippen molar-refractivity contribution in [2.75, 3.05) is 32.7 Å². The molecule has 0 spiro atoms. The van der Waals surface area contributed by atoms with Gasteiger partial charge in [0, 0.05) is 32.4 Å². The zero-order chi connectivity index (χ0) is 14.5. The summed E-state index contributed by atoms with van der Waals surface area (Å²) in [6, 6.07) is 3.40. The predicted molar refractivity (Wildman–Crippen MR) is 81.0 cm³/mol. The maximum atomic E-state index is 12.3. The maximum absolute atomic E-state index is 12.3. The van der Waals surface area contributed by atoms with Crippen LogP contribution in [0.25, 0.3) is 0 Å². The number of amides is 1. The molecule has 4 nitrogen and oxygen atoms in total. The zero-order valence-electron chi connectivity index (χ0n) is 12.2. The van der Waals surface area contributed by atoms with Gasteiger partial charge in [0.15, 0.2) is 0 Å². The van der Waals surface area contributed by atoms with E-state index in [4.69, 9.17) is 11.6 Å². The van der Waals surface area contributed by atoms with Crippen molar-refractivity contribution in [2.45, 2.75) is 20.3 Å². The summed E-state index contributed by atoms with van der Waals surface area (Å²) in [6.07, 6.45) is 2.77. The van der Waals surface area contributed by atoms with Crippen LogP contribution in [-0.4, -0.2) is 53.4 Å². The molecule has 0 bridgehead atoms. The van der Waals surface area contributed by atoms with Crippen LogP contribution in [0.2, 0.25) is 5.15 Å². The molecule has 0 radical (unpaired) electrons. The molecule has 1 saturated heterocycles. The highest BCUT2D eigenvalue weighted by Crippen LogP contribution is 2.11. The third-order valence-electron chi connectivity index (χ3n) is 3.66. The van der Waals surface area contributed by atoms with E-state index in [2.05, 4.69) is 23.7 Å². The minimum atomic E-state index is 0.0534. The number of piperazine rings is 1. The molecule has 0 saturated carbocycles. The number of hydrogen-bond donors (Lipinski definition) is 0. The van der Waals surface area contributed by atoms with Crippen LogP contribution in [0, 0.1) is 5.92 Å². The van der Waals surface area contributed by atoms with Crippen molar-refractivity contribution in [3.05, 3.63) is 29.0 Å². The van der Waals surface area contributed by atoms with Crippen LogP contribution in [0.3, 0.4) is 0 Å². The smallest absolute Gasteiger partial charge is 0.255 e. The van der Waals surface area contributed by atoms with Gasteiger partial charge < -0.3 is 4.90 Å². The van der Waals surface area contributed by atoms with E-state index in [1.165, 1.54) is 6.42 Å². The van der Waals surface area contributed by atoms with Crippen molar-refractivity contribution in [1.29, 1.82) is 0 Å². The zero-order valence-corrected chi connectivity index (χ0v) is 12.9. The second-order valence-electron chi connectivity index (χ2n) is 5.69. The summed E-state index contributed by atoms with van der Waals surface area (Å²) < 4.78 is 0. The third kappa shape index (κ3) is 4.18. The van der Waals surface area contributed by atoms with Gasteiger partial charge in [0.25, 0.3) is 5.91 Å². The second-order valence-corrected chi connectivity index (χ2v) is 6.07. The third-order valence-corrected chi connectivity index (χ3v) is 3.88. The first-order chi connectivity index (χ1) is 9.56. The molecule has 1 aromatic rings. The lowest BCUT2D eigenvalue weighted by molar-refractivity contribution is 0.0631. The Labute approximate surface area is 125 Å². The number of aromatic nitrogens is 1. The summed E-state index contributed by atoms with van der Waals surface area (Å²) in [5.41, 5.74) is 0.616. The molecule has 0 aliphatic carbocycles. The molecule has 1 amide bonds. The summed E-state index contributed by atoms with van der Waals surface area (Å²) in [7, 11) is 0. The molecule has 2 heterocycles. The van der Waals surface area contributed by atoms with E-state index in [0.29, 0.717) is 10.7 Å². The highest BCUT2D eigenvalue weighted by atomic mass is 35.5. The molecule has 1 fully saturated rings. The summed E-state index contributed by atoms with van der Waals surface area (Å²) in [6.45, 7) is 9.11. The molecule has 0 N–H and O–H groups in total. The molecular weight excluding hydrogens is 274 g/mol. The summed E-state index contributed by atoms with van der Waals surface area (Å²) in [5, 5.41) is 0.417. The van der Waals surface area contributed by atoms with Gasteiger partial charge in [0.1, 0.15) is 5.15 Å². The van der Waals surface area contributed by atoms with Crippen LogP contribution in [0.4, 0.5) is 0 Å². The van der Waals surface area contributed by atoms with E-state index >= 15 is 0 Å². The van der Waals surface area contributed by atoms with Gasteiger partial charge in [-0.25, -0.2) is 4.98 Å². The Hall–Kier alpha value is -1.13. The Bertz CT molecular complexity index is 439. The minimum Gasteiger partial charge on any atom is -0.336 e. The van der Waals surface area contributed by atoms with Crippen LogP contribution >= 0.6 is 11.6 Å². The number of rotatable bonds is 4. The Morgan fingerprint density at radius 1 is 1.30 bits per heavy atom. The fourth-order valence-corrected chi connectivity index (χ4v) is 2.41. The van der Waals surface area contributed by atoms with Crippen molar-refractivity contribution < 1.29 is 4.79 Å². The minimum absolute atomic E-state index is 0.0534. The summed E-state index contributed by atoms with van der Waals surface area (Å²) in [5.74, 6) is 0.785. The molecule has 1 aromatic heterocycles. The number of halogens is 1. The van der Waals surface area contributed by atoms with E-state index in [1.807, 2.05) is 4.90 Å². The number of nitrogens with zero attached hydrogens (tertiary/aromatic N) is 3. The van der Waals surface area contributed by atoms with Crippen LogP contribution in [-0.2, 0) is 0 Å². The molecule has 20 heavy (non-hydrogen) atoms. The lowest BCUT2D eigenvalue weighted by atomic mass is 10.1. The van der Waals surface area contributed by atoms with E-state index in [9.17, 15) is 4.79 Å². The molecule has 1 aliphatic rings. The monoisotopic (exact) mass is 295 g/mol. The highest BCUT2D eigenvalue weighted by Gasteiger charge is 2.22. The average molecular weight is 296 g/mol. The standard InChI is InChI=1S/C15H22ClN3O/c1-12(2)5-6-18-7-9-19(10-8-18)15(20)13-3-4-14(16)17-11-13/h3-4,11-12H,5-10H2,1-2H3. The van der Waals surface area contributed by atoms with Crippen molar-refractivity contribution >= 4 is 17.5 Å². The van der Waals surface area contributed by atoms with Crippen LogP contribution in [0.1, 0.15) is 30.6 Å². The average Bonchev–Trinajstić information content (AvgIpc) is 2.46. The van der Waals surface area contributed by atoms with Gasteiger partial charge in [0.2, 0.25) is 0 Å². The van der Waals surface area contributed by atoms with Gasteiger partial charge >= 0.3 is 0 Å². The largest absolute Gasteiger partial charge is 0.336 e. The molecule has 0 aromatic carbocycles. The molecule has 2 rings (SSSR count). The fourth-order valence-electron chi connectivity index (χ4n) is 2.30. The first kappa shape index (κ1) is 15.3. The lowest BCUT2D eigenvalue weighted by Crippen LogP contribution is -2.49. The Morgan fingerprint density at radius 3 is 2.55 bits per heavy atom. The Kier molecular flexibility index (Phi) is 5.38. The quantitative estimate of drug-likeness (QED) is 0.801. The van der Waals surface area contributed by atoms with Gasteiger partial charge in [-0.2, -0.15) is 0 Å². The fraction of sp³-hybridized carbons (Fsp3) is 0.600. The van der Waals surface area contributed by atoms with Crippen LogP contribution in [0.5, 0.6) is 0 Å². The van der Waals surface area contributed by atoms with Gasteiger partial charge in [-0.15, -0.1) is 0 Å². The molecule has 5 heteroatoms. The van der Waals surface area contributed by atoms with Crippen molar-refractivity contribution in [3.8, 4) is 0 Å². The second kappa shape index (κ2) is 7.04. The van der Waals surface area contributed by atoms with Gasteiger partial charge in [0.05, 0.1) is 5.56 Å². The van der Waals surface area contributed by atoms with E-state index in [-0.39, 0.29) is 5.91 Å². The maximum Gasteiger partial charge on any atom is 0.255 e. The molecule has 110 valence electrons. The molecular formula is C15H22ClN3O. The van der Waals surface area contributed by atoms with Crippen LogP contribution < -0.4 is 0 Å². The van der Waals surface area contributed by atoms with E-state index in [0.717, 1.165) is 38.6 Å². The predicted octanol–water partition coefficient (Wildman–Crippen LogP) is 2.54. The number of pyridine rings is 1. The molecule has 0 unspecified atom stereocenters. The Balaban J connectivity index is 1.84. The first-order valence-corrected chi connectivity index (χ1v) is 7.57. The first-order valence-electron chi connectivity index (χ1n) is 7.19. The number of carbonyl (C=O) groups excluding carboxylic acids is 1. The topological polar surface area (TPSA) is 36.4 Å². The van der Waals surface area contributed by atoms with Crippen molar-refractivity contribution in [3.63, 3.8) is 0 Å². The number of hydrogen-bond acceptors (Lipinski definition) is 3. The lowest BCUT2D eigenvalue weighted by Gasteiger charge is -2.35. The highest BCUT2D eigenvalue weighted by molar-refractivity contribution is 6.29. The Morgan fingerprint density at radius 2 is 2.00 bits per heavy atom. The molecule has 1 aliphatic heterocycles. The normalized spacial score (nSPS) is 16.7. The van der Waals surface area contributed by atoms with Crippen molar-refractivity contribution in [1.82, 2.24) is 14.8 Å². The van der Waals surface area contributed by atoms with E-state index in [1.54, 1.807) is 18.3 Å². The van der Waals surface area contributed by atoms with Crippen molar-refractivity contribution in [2.24, 2.45) is 5.92 Å². The van der Waals surface area contributed by atoms with E-state index < -0.39 is 0 Å². The van der Waals surface area contributed by atoms with Gasteiger partial charge in [-0.3, -0.25) is 9.69 Å².